The number of hydrogen-bond acceptors (Lipinski definition) is 5. The van der Waals surface area contributed by atoms with E-state index in [0.717, 1.165) is 23.3 Å². The molecule has 1 aliphatic carbocycles. The highest BCUT2D eigenvalue weighted by Gasteiger charge is 2.42. The van der Waals surface area contributed by atoms with E-state index in [0.29, 0.717) is 25.1 Å². The Balaban J connectivity index is 1.45. The van der Waals surface area contributed by atoms with Crippen molar-refractivity contribution >= 4 is 29.2 Å². The molecule has 5 rings (SSSR count). The maximum atomic E-state index is 13.7. The van der Waals surface area contributed by atoms with E-state index in [-0.39, 0.29) is 35.9 Å². The highest BCUT2D eigenvalue weighted by molar-refractivity contribution is 6.33. The molecule has 2 atom stereocenters. The number of likely N-dealkylation sites (tertiary alicyclic amines) is 1. The molecule has 0 bridgehead atoms. The maximum Gasteiger partial charge on any atom is 0.419 e. The Kier molecular flexibility index (Phi) is 5.43. The summed E-state index contributed by atoms with van der Waals surface area (Å²) >= 11 is 6.40. The highest BCUT2D eigenvalue weighted by Crippen LogP contribution is 2.43. The number of aromatic nitrogens is 2. The van der Waals surface area contributed by atoms with Gasteiger partial charge in [-0.05, 0) is 36.8 Å². The summed E-state index contributed by atoms with van der Waals surface area (Å²) in [5.41, 5.74) is -0.998. The van der Waals surface area contributed by atoms with Crippen molar-refractivity contribution in [1.29, 1.82) is 0 Å². The monoisotopic (exact) mass is 486 g/mol. The van der Waals surface area contributed by atoms with Gasteiger partial charge in [-0.15, -0.1) is 0 Å². The summed E-state index contributed by atoms with van der Waals surface area (Å²) in [6.45, 7) is 1.17. The molecule has 0 N–H and O–H groups in total. The van der Waals surface area contributed by atoms with Gasteiger partial charge in [0.05, 0.1) is 24.3 Å². The average Bonchev–Trinajstić information content (AvgIpc) is 3.47. The molecule has 1 saturated carbocycles. The van der Waals surface area contributed by atoms with Gasteiger partial charge < -0.3 is 14.4 Å². The second-order valence-corrected chi connectivity index (χ2v) is 8.95. The number of piperidine rings is 1. The molecule has 0 spiro atoms. The summed E-state index contributed by atoms with van der Waals surface area (Å²) in [6, 6.07) is 0.843. The molecule has 12 heteroatoms. The molecule has 2 aromatic rings. The van der Waals surface area contributed by atoms with E-state index in [1.54, 1.807) is 4.90 Å². The molecule has 3 fully saturated rings. The third kappa shape index (κ3) is 3.90. The van der Waals surface area contributed by atoms with Crippen molar-refractivity contribution in [2.75, 3.05) is 33.4 Å². The van der Waals surface area contributed by atoms with Gasteiger partial charge in [0.25, 0.3) is 5.91 Å². The molecule has 3 aliphatic rings. The number of amides is 2. The second-order valence-electron chi connectivity index (χ2n) is 8.59. The predicted octanol–water partition coefficient (Wildman–Crippen LogP) is 3.57. The van der Waals surface area contributed by atoms with Crippen molar-refractivity contribution in [1.82, 2.24) is 19.2 Å². The van der Waals surface area contributed by atoms with Crippen molar-refractivity contribution in [2.24, 2.45) is 0 Å². The molecule has 0 unspecified atom stereocenters. The van der Waals surface area contributed by atoms with Gasteiger partial charge in [0.15, 0.2) is 11.3 Å². The van der Waals surface area contributed by atoms with Gasteiger partial charge in [-0.2, -0.15) is 13.2 Å². The van der Waals surface area contributed by atoms with Crippen molar-refractivity contribution < 1.29 is 32.2 Å². The van der Waals surface area contributed by atoms with E-state index < -0.39 is 35.5 Å². The van der Waals surface area contributed by atoms with Crippen LogP contribution in [0.15, 0.2) is 12.3 Å². The van der Waals surface area contributed by atoms with Gasteiger partial charge in [-0.3, -0.25) is 14.1 Å². The first-order chi connectivity index (χ1) is 15.7. The molecule has 8 nitrogen and oxygen atoms in total. The number of carbonyl (C=O) groups is 2. The lowest BCUT2D eigenvalue weighted by Gasteiger charge is -2.40. The molecule has 2 aliphatic heterocycles. The van der Waals surface area contributed by atoms with E-state index >= 15 is 0 Å². The third-order valence-corrected chi connectivity index (χ3v) is 6.91. The zero-order valence-electron chi connectivity index (χ0n) is 17.8. The van der Waals surface area contributed by atoms with Gasteiger partial charge in [0.1, 0.15) is 11.8 Å². The summed E-state index contributed by atoms with van der Waals surface area (Å²) < 4.78 is 52.9. The molecule has 4 heterocycles. The molecule has 33 heavy (non-hydrogen) atoms. The Morgan fingerprint density at radius 2 is 2.03 bits per heavy atom. The molecule has 2 aromatic heterocycles. The number of carbonyl (C=O) groups excluding carboxylic acids is 2. The number of nitrogens with zero attached hydrogens (tertiary/aromatic N) is 4. The highest BCUT2D eigenvalue weighted by atomic mass is 35.5. The Hall–Kier alpha value is -2.53. The van der Waals surface area contributed by atoms with E-state index in [4.69, 9.17) is 21.1 Å². The molecule has 2 amide bonds. The number of methoxy groups -OCH3 is 1. The summed E-state index contributed by atoms with van der Waals surface area (Å²) in [4.78, 5) is 32.3. The van der Waals surface area contributed by atoms with Crippen molar-refractivity contribution in [2.45, 2.75) is 43.5 Å². The normalized spacial score (nSPS) is 24.0. The zero-order valence-corrected chi connectivity index (χ0v) is 18.5. The lowest BCUT2D eigenvalue weighted by atomic mass is 10.00. The van der Waals surface area contributed by atoms with Crippen LogP contribution in [0.5, 0.6) is 0 Å². The number of halogens is 4. The summed E-state index contributed by atoms with van der Waals surface area (Å²) in [5.74, 6) is -0.513. The van der Waals surface area contributed by atoms with Crippen LogP contribution in [0.1, 0.15) is 46.8 Å². The minimum absolute atomic E-state index is 0.0619. The van der Waals surface area contributed by atoms with Gasteiger partial charge >= 0.3 is 12.3 Å². The van der Waals surface area contributed by atoms with Crippen LogP contribution >= 0.6 is 11.6 Å². The van der Waals surface area contributed by atoms with Crippen molar-refractivity contribution in [3.63, 3.8) is 0 Å². The molecule has 0 radical (unpaired) electrons. The lowest BCUT2D eigenvalue weighted by Crippen LogP contribution is -2.56. The zero-order chi connectivity index (χ0) is 23.5. The average molecular weight is 487 g/mol. The maximum absolute atomic E-state index is 13.7. The quantitative estimate of drug-likeness (QED) is 0.660. The largest absolute Gasteiger partial charge is 0.448 e. The predicted molar refractivity (Wildman–Crippen MR) is 110 cm³/mol. The fourth-order valence-corrected chi connectivity index (χ4v) is 4.91. The van der Waals surface area contributed by atoms with Gasteiger partial charge in [0, 0.05) is 26.4 Å². The molecule has 2 saturated heterocycles. The first-order valence-corrected chi connectivity index (χ1v) is 11.1. The van der Waals surface area contributed by atoms with Crippen LogP contribution in [-0.4, -0.2) is 76.7 Å². The molecular weight excluding hydrogens is 465 g/mol. The van der Waals surface area contributed by atoms with Crippen LogP contribution in [0.2, 0.25) is 5.15 Å². The number of fused-ring (bicyclic) bond motifs is 1. The first-order valence-electron chi connectivity index (χ1n) is 10.7. The number of cyclic esters (lactones) is 1. The lowest BCUT2D eigenvalue weighted by molar-refractivity contribution is -0.136. The standard InChI is InChI=1S/C21H22ClF3N4O4/c1-32-15-10-27(5-4-14(15)28-6-7-33-20(28)31)19(30)16-17(22)29-9-12(11-2-3-11)8-13(18(29)26-16)21(23,24)25/h8-9,11,14-15H,2-7,10H2,1H3/t14-,15-/m0/s1. The van der Waals surface area contributed by atoms with E-state index in [2.05, 4.69) is 4.98 Å². The van der Waals surface area contributed by atoms with Crippen LogP contribution in [0, 0.1) is 0 Å². The van der Waals surface area contributed by atoms with E-state index in [1.165, 1.54) is 18.2 Å². The fourth-order valence-electron chi connectivity index (χ4n) is 4.66. The van der Waals surface area contributed by atoms with Crippen LogP contribution in [0.3, 0.4) is 0 Å². The van der Waals surface area contributed by atoms with Crippen LogP contribution in [0.4, 0.5) is 18.0 Å². The van der Waals surface area contributed by atoms with Gasteiger partial charge in [-0.25, -0.2) is 9.78 Å². The van der Waals surface area contributed by atoms with Crippen molar-refractivity contribution in [3.05, 3.63) is 34.2 Å². The molecular formula is C21H22ClF3N4O4. The first kappa shape index (κ1) is 22.3. The third-order valence-electron chi connectivity index (χ3n) is 6.55. The summed E-state index contributed by atoms with van der Waals surface area (Å²) in [7, 11) is 1.49. The fraction of sp³-hybridized carbons (Fsp3) is 0.571. The molecule has 178 valence electrons. The topological polar surface area (TPSA) is 76.4 Å². The van der Waals surface area contributed by atoms with Gasteiger partial charge in [-0.1, -0.05) is 11.6 Å². The Labute approximate surface area is 192 Å². The number of pyridine rings is 1. The van der Waals surface area contributed by atoms with Crippen LogP contribution < -0.4 is 0 Å². The summed E-state index contributed by atoms with van der Waals surface area (Å²) in [6.07, 6.45) is -1.92. The Morgan fingerprint density at radius 3 is 2.64 bits per heavy atom. The SMILES string of the molecule is CO[C@H]1CN(C(=O)c2nc3c(C(F)(F)F)cc(C4CC4)cn3c2Cl)CC[C@@H]1N1CCOC1=O. The number of ether oxygens (including phenoxy) is 2. The smallest absolute Gasteiger partial charge is 0.419 e. The molecule has 0 aromatic carbocycles. The Morgan fingerprint density at radius 1 is 1.27 bits per heavy atom. The number of hydrogen-bond donors (Lipinski definition) is 0. The summed E-state index contributed by atoms with van der Waals surface area (Å²) in [5, 5.41) is -0.151. The number of alkyl halides is 3. The minimum atomic E-state index is -4.63. The van der Waals surface area contributed by atoms with E-state index in [1.807, 2.05) is 0 Å². The number of imidazole rings is 1. The number of rotatable bonds is 4. The van der Waals surface area contributed by atoms with Crippen LogP contribution in [0.25, 0.3) is 5.65 Å². The van der Waals surface area contributed by atoms with Crippen molar-refractivity contribution in [3.8, 4) is 0 Å². The minimum Gasteiger partial charge on any atom is -0.448 e. The Bertz CT molecular complexity index is 1120. The van der Waals surface area contributed by atoms with Crippen LogP contribution in [-0.2, 0) is 15.7 Å². The van der Waals surface area contributed by atoms with E-state index in [9.17, 15) is 22.8 Å². The second kappa shape index (κ2) is 8.05. The van der Waals surface area contributed by atoms with Gasteiger partial charge in [0.2, 0.25) is 0 Å².